The van der Waals surface area contributed by atoms with Crippen LogP contribution in [0.4, 0.5) is 0 Å². The van der Waals surface area contributed by atoms with Crippen molar-refractivity contribution >= 4 is 23.2 Å². The summed E-state index contributed by atoms with van der Waals surface area (Å²) >= 11 is 1.43. The number of hydrogen-bond donors (Lipinski definition) is 0. The zero-order chi connectivity index (χ0) is 18.4. The van der Waals surface area contributed by atoms with Crippen LogP contribution in [0.2, 0.25) is 0 Å². The van der Waals surface area contributed by atoms with E-state index in [1.165, 1.54) is 30.6 Å². The van der Waals surface area contributed by atoms with E-state index in [1.807, 2.05) is 4.90 Å². The topological polar surface area (TPSA) is 59.5 Å². The average Bonchev–Trinajstić information content (AvgIpc) is 3.01. The van der Waals surface area contributed by atoms with Crippen LogP contribution in [0.15, 0.2) is 5.38 Å². The van der Waals surface area contributed by atoms with Gasteiger partial charge in [-0.05, 0) is 25.2 Å². The van der Waals surface area contributed by atoms with Crippen LogP contribution in [-0.4, -0.2) is 34.4 Å². The number of hydrogen-bond acceptors (Lipinski definition) is 5. The Morgan fingerprint density at radius 2 is 1.96 bits per heavy atom. The molecule has 1 fully saturated rings. The number of amides is 1. The van der Waals surface area contributed by atoms with E-state index in [2.05, 4.69) is 25.8 Å². The number of esters is 1. The van der Waals surface area contributed by atoms with Crippen LogP contribution in [0.3, 0.4) is 0 Å². The summed E-state index contributed by atoms with van der Waals surface area (Å²) in [6.07, 6.45) is 6.26. The lowest BCUT2D eigenvalue weighted by Gasteiger charge is -2.35. The van der Waals surface area contributed by atoms with Gasteiger partial charge in [-0.15, -0.1) is 11.3 Å². The molecule has 1 aromatic heterocycles. The molecule has 1 aliphatic rings. The molecule has 2 rings (SSSR count). The summed E-state index contributed by atoms with van der Waals surface area (Å²) in [4.78, 5) is 31.1. The van der Waals surface area contributed by atoms with Crippen LogP contribution in [0.5, 0.6) is 0 Å². The van der Waals surface area contributed by atoms with Crippen molar-refractivity contribution in [3.05, 3.63) is 16.1 Å². The first-order valence-corrected chi connectivity index (χ1v) is 10.1. The minimum Gasteiger partial charge on any atom is -0.461 e. The van der Waals surface area contributed by atoms with Gasteiger partial charge in [-0.25, -0.2) is 9.78 Å². The third kappa shape index (κ3) is 6.10. The molecule has 1 saturated carbocycles. The normalized spacial score (nSPS) is 15.8. The molecule has 0 saturated heterocycles. The maximum absolute atomic E-state index is 12.9. The predicted molar refractivity (Wildman–Crippen MR) is 99.6 cm³/mol. The van der Waals surface area contributed by atoms with Gasteiger partial charge >= 0.3 is 5.97 Å². The summed E-state index contributed by atoms with van der Waals surface area (Å²) < 4.78 is 5.00. The van der Waals surface area contributed by atoms with E-state index in [4.69, 9.17) is 4.74 Å². The molecule has 0 bridgehead atoms. The molecular weight excluding hydrogens is 336 g/mol. The lowest BCUT2D eigenvalue weighted by molar-refractivity contribution is -0.136. The molecule has 0 aliphatic heterocycles. The maximum atomic E-state index is 12.9. The predicted octanol–water partition coefficient (Wildman–Crippen LogP) is 4.42. The molecule has 5 nitrogen and oxygen atoms in total. The van der Waals surface area contributed by atoms with Crippen molar-refractivity contribution in [1.29, 1.82) is 0 Å². The number of carbonyl (C=O) groups excluding carboxylic acids is 2. The minimum absolute atomic E-state index is 0.0387. The highest BCUT2D eigenvalue weighted by atomic mass is 32.1. The molecule has 1 aliphatic carbocycles. The summed E-state index contributed by atoms with van der Waals surface area (Å²) in [5.41, 5.74) is 0.303. The Morgan fingerprint density at radius 3 is 2.56 bits per heavy atom. The molecule has 0 spiro atoms. The van der Waals surface area contributed by atoms with Crippen LogP contribution < -0.4 is 0 Å². The summed E-state index contributed by atoms with van der Waals surface area (Å²) in [7, 11) is 0. The van der Waals surface area contributed by atoms with E-state index in [0.29, 0.717) is 31.3 Å². The lowest BCUT2D eigenvalue weighted by atomic mass is 9.89. The molecule has 1 aromatic rings. The Morgan fingerprint density at radius 1 is 1.28 bits per heavy atom. The van der Waals surface area contributed by atoms with Gasteiger partial charge in [0, 0.05) is 17.8 Å². The molecule has 0 N–H and O–H groups in total. The highest BCUT2D eigenvalue weighted by Gasteiger charge is 2.29. The number of carbonyl (C=O) groups is 2. The van der Waals surface area contributed by atoms with Crippen LogP contribution in [0.1, 0.15) is 81.7 Å². The zero-order valence-corrected chi connectivity index (χ0v) is 16.7. The Bertz CT molecular complexity index is 586. The SMILES string of the molecule is CCOC(=O)c1csc(CN(C(=O)CC(C)(C)C)C2CCCCC2)n1. The number of nitrogens with zero attached hydrogens (tertiary/aromatic N) is 2. The van der Waals surface area contributed by atoms with Crippen molar-refractivity contribution in [2.45, 2.75) is 78.8 Å². The first-order valence-electron chi connectivity index (χ1n) is 9.21. The molecule has 1 amide bonds. The van der Waals surface area contributed by atoms with Crippen molar-refractivity contribution in [3.63, 3.8) is 0 Å². The second-order valence-corrected chi connectivity index (χ2v) is 8.84. The number of thiazole rings is 1. The molecule has 6 heteroatoms. The fraction of sp³-hybridized carbons (Fsp3) is 0.737. The van der Waals surface area contributed by atoms with Gasteiger partial charge in [0.05, 0.1) is 13.2 Å². The fourth-order valence-electron chi connectivity index (χ4n) is 3.20. The molecule has 0 aromatic carbocycles. The van der Waals surface area contributed by atoms with Gasteiger partial charge in [0.2, 0.25) is 5.91 Å². The van der Waals surface area contributed by atoms with E-state index in [0.717, 1.165) is 17.8 Å². The van der Waals surface area contributed by atoms with Crippen molar-refractivity contribution in [2.24, 2.45) is 5.41 Å². The van der Waals surface area contributed by atoms with Gasteiger partial charge in [0.25, 0.3) is 0 Å². The summed E-state index contributed by atoms with van der Waals surface area (Å²) in [5.74, 6) is -0.206. The van der Waals surface area contributed by atoms with E-state index in [9.17, 15) is 9.59 Å². The van der Waals surface area contributed by atoms with Crippen molar-refractivity contribution in [1.82, 2.24) is 9.88 Å². The monoisotopic (exact) mass is 366 g/mol. The molecule has 140 valence electrons. The first kappa shape index (κ1) is 19.9. The fourth-order valence-corrected chi connectivity index (χ4v) is 3.96. The Labute approximate surface area is 154 Å². The molecule has 0 radical (unpaired) electrons. The van der Waals surface area contributed by atoms with Gasteiger partial charge in [-0.3, -0.25) is 4.79 Å². The highest BCUT2D eigenvalue weighted by Crippen LogP contribution is 2.28. The van der Waals surface area contributed by atoms with Crippen LogP contribution >= 0.6 is 11.3 Å². The minimum atomic E-state index is -0.393. The second kappa shape index (κ2) is 8.79. The smallest absolute Gasteiger partial charge is 0.357 e. The number of rotatable bonds is 6. The van der Waals surface area contributed by atoms with Crippen molar-refractivity contribution in [3.8, 4) is 0 Å². The average molecular weight is 367 g/mol. The lowest BCUT2D eigenvalue weighted by Crippen LogP contribution is -2.42. The van der Waals surface area contributed by atoms with Gasteiger partial charge in [0.15, 0.2) is 5.69 Å². The van der Waals surface area contributed by atoms with Gasteiger partial charge in [-0.1, -0.05) is 40.0 Å². The van der Waals surface area contributed by atoms with Crippen LogP contribution in [-0.2, 0) is 16.1 Å². The quantitative estimate of drug-likeness (QED) is 0.699. The van der Waals surface area contributed by atoms with Gasteiger partial charge in [0.1, 0.15) is 5.01 Å². The van der Waals surface area contributed by atoms with E-state index < -0.39 is 5.97 Å². The Hall–Kier alpha value is -1.43. The third-order valence-electron chi connectivity index (χ3n) is 4.36. The number of aromatic nitrogens is 1. The molecular formula is C19H30N2O3S. The van der Waals surface area contributed by atoms with E-state index >= 15 is 0 Å². The Balaban J connectivity index is 2.12. The molecule has 25 heavy (non-hydrogen) atoms. The zero-order valence-electron chi connectivity index (χ0n) is 15.8. The first-order chi connectivity index (χ1) is 11.8. The van der Waals surface area contributed by atoms with E-state index in [-0.39, 0.29) is 11.3 Å². The Kier molecular flexibility index (Phi) is 6.99. The summed E-state index contributed by atoms with van der Waals surface area (Å²) in [6.45, 7) is 8.87. The van der Waals surface area contributed by atoms with Gasteiger partial charge < -0.3 is 9.64 Å². The second-order valence-electron chi connectivity index (χ2n) is 7.90. The van der Waals surface area contributed by atoms with Crippen LogP contribution in [0.25, 0.3) is 0 Å². The number of ether oxygens (including phenoxy) is 1. The van der Waals surface area contributed by atoms with E-state index in [1.54, 1.807) is 12.3 Å². The molecule has 1 heterocycles. The van der Waals surface area contributed by atoms with Crippen molar-refractivity contribution in [2.75, 3.05) is 6.61 Å². The summed E-state index contributed by atoms with van der Waals surface area (Å²) in [6, 6.07) is 0.290. The largest absolute Gasteiger partial charge is 0.461 e. The summed E-state index contributed by atoms with van der Waals surface area (Å²) in [5, 5.41) is 2.52. The maximum Gasteiger partial charge on any atom is 0.357 e. The van der Waals surface area contributed by atoms with Crippen LogP contribution in [0, 0.1) is 5.41 Å². The molecule has 0 atom stereocenters. The van der Waals surface area contributed by atoms with Gasteiger partial charge in [-0.2, -0.15) is 0 Å². The van der Waals surface area contributed by atoms with Crippen molar-refractivity contribution < 1.29 is 14.3 Å². The highest BCUT2D eigenvalue weighted by molar-refractivity contribution is 7.09. The standard InChI is InChI=1S/C19H30N2O3S/c1-5-24-18(23)15-13-25-16(20-15)12-21(14-9-7-6-8-10-14)17(22)11-19(2,3)4/h13-14H,5-12H2,1-4H3. The molecule has 0 unspecified atom stereocenters. The third-order valence-corrected chi connectivity index (χ3v) is 5.19.